The summed E-state index contributed by atoms with van der Waals surface area (Å²) in [6, 6.07) is 19.0. The molecule has 2 aromatic carbocycles. The Morgan fingerprint density at radius 1 is 0.839 bits per heavy atom. The molecule has 0 spiro atoms. The first-order chi connectivity index (χ1) is 15.0. The maximum Gasteiger partial charge on any atom is 0.173 e. The molecule has 4 aromatic rings. The maximum absolute atomic E-state index is 7.60. The highest BCUT2D eigenvalue weighted by atomic mass is 32.2. The number of nitrogen functional groups attached to an aromatic ring is 2. The molecule has 8 heteroatoms. The standard InChI is InChI=1S/C23H21N7S/c24-21(25)17-3-1-16(2-4-17)20-13-30(19-7-5-18(6-8-19)22(26)27)23(29-20)31-14-15-9-11-28-12-10-15/h1-13H,14H2,(H3,24,25)(H3,26,27). The number of hydrogen-bond donors (Lipinski definition) is 4. The number of amidine groups is 2. The van der Waals surface area contributed by atoms with Crippen molar-refractivity contribution >= 4 is 23.4 Å². The summed E-state index contributed by atoms with van der Waals surface area (Å²) in [5, 5.41) is 16.0. The molecule has 6 N–H and O–H groups in total. The normalized spacial score (nSPS) is 10.7. The number of aromatic nitrogens is 3. The largest absolute Gasteiger partial charge is 0.384 e. The van der Waals surface area contributed by atoms with Gasteiger partial charge in [-0.1, -0.05) is 36.0 Å². The molecule has 2 aromatic heterocycles. The van der Waals surface area contributed by atoms with Gasteiger partial charge in [-0.2, -0.15) is 0 Å². The van der Waals surface area contributed by atoms with Crippen molar-refractivity contribution in [3.8, 4) is 16.9 Å². The SMILES string of the molecule is N=C(N)c1ccc(-c2cn(-c3ccc(C(=N)N)cc3)c(SCc3ccncc3)n2)cc1. The van der Waals surface area contributed by atoms with Crippen LogP contribution in [-0.2, 0) is 5.75 Å². The summed E-state index contributed by atoms with van der Waals surface area (Å²) in [5.74, 6) is 0.834. The van der Waals surface area contributed by atoms with E-state index in [4.69, 9.17) is 27.3 Å². The molecule has 0 saturated carbocycles. The number of pyridine rings is 1. The summed E-state index contributed by atoms with van der Waals surface area (Å²) < 4.78 is 2.03. The Hall–Kier alpha value is -3.91. The van der Waals surface area contributed by atoms with Crippen LogP contribution in [0.15, 0.2) is 84.4 Å². The van der Waals surface area contributed by atoms with Crippen molar-refractivity contribution in [2.45, 2.75) is 10.9 Å². The first-order valence-corrected chi connectivity index (χ1v) is 10.5. The number of rotatable bonds is 7. The van der Waals surface area contributed by atoms with Crippen LogP contribution in [0.5, 0.6) is 0 Å². The Bertz CT molecular complexity index is 1210. The first kappa shape index (κ1) is 20.4. The summed E-state index contributed by atoms with van der Waals surface area (Å²) in [7, 11) is 0. The van der Waals surface area contributed by atoms with Crippen molar-refractivity contribution in [2.75, 3.05) is 0 Å². The van der Waals surface area contributed by atoms with Crippen LogP contribution in [0.25, 0.3) is 16.9 Å². The molecule has 154 valence electrons. The van der Waals surface area contributed by atoms with E-state index in [1.807, 2.05) is 71.4 Å². The average Bonchev–Trinajstić information content (AvgIpc) is 3.23. The van der Waals surface area contributed by atoms with Gasteiger partial charge in [-0.3, -0.25) is 20.4 Å². The molecule has 4 rings (SSSR count). The fourth-order valence-corrected chi connectivity index (χ4v) is 3.99. The molecule has 0 radical (unpaired) electrons. The lowest BCUT2D eigenvalue weighted by Crippen LogP contribution is -2.10. The summed E-state index contributed by atoms with van der Waals surface area (Å²) in [6.07, 6.45) is 5.55. The lowest BCUT2D eigenvalue weighted by molar-refractivity contribution is 0.895. The van der Waals surface area contributed by atoms with E-state index < -0.39 is 0 Å². The van der Waals surface area contributed by atoms with Gasteiger partial charge in [0.05, 0.1) is 5.69 Å². The van der Waals surface area contributed by atoms with E-state index in [0.717, 1.165) is 33.4 Å². The van der Waals surface area contributed by atoms with E-state index in [-0.39, 0.29) is 11.7 Å². The number of nitrogens with zero attached hydrogens (tertiary/aromatic N) is 3. The molecule has 7 nitrogen and oxygen atoms in total. The number of imidazole rings is 1. The second-order valence-electron chi connectivity index (χ2n) is 6.87. The van der Waals surface area contributed by atoms with Crippen LogP contribution >= 0.6 is 11.8 Å². The van der Waals surface area contributed by atoms with E-state index in [1.165, 1.54) is 0 Å². The van der Waals surface area contributed by atoms with Crippen molar-refractivity contribution in [1.29, 1.82) is 10.8 Å². The first-order valence-electron chi connectivity index (χ1n) is 9.52. The average molecular weight is 428 g/mol. The monoisotopic (exact) mass is 427 g/mol. The van der Waals surface area contributed by atoms with Crippen LogP contribution < -0.4 is 11.5 Å². The fraction of sp³-hybridized carbons (Fsp3) is 0.0435. The minimum absolute atomic E-state index is 0.0377. The molecule has 0 atom stereocenters. The highest BCUT2D eigenvalue weighted by molar-refractivity contribution is 7.98. The molecule has 0 bridgehead atoms. The van der Waals surface area contributed by atoms with Gasteiger partial charge in [0.2, 0.25) is 0 Å². The van der Waals surface area contributed by atoms with Gasteiger partial charge in [0, 0.05) is 46.7 Å². The van der Waals surface area contributed by atoms with Crippen LogP contribution in [0, 0.1) is 10.8 Å². The van der Waals surface area contributed by atoms with E-state index >= 15 is 0 Å². The molecule has 2 heterocycles. The van der Waals surface area contributed by atoms with E-state index in [0.29, 0.717) is 11.1 Å². The van der Waals surface area contributed by atoms with Crippen LogP contribution in [0.3, 0.4) is 0 Å². The topological polar surface area (TPSA) is 130 Å². The molecule has 31 heavy (non-hydrogen) atoms. The molecule has 0 aliphatic heterocycles. The summed E-state index contributed by atoms with van der Waals surface area (Å²) in [6.45, 7) is 0. The smallest absolute Gasteiger partial charge is 0.173 e. The van der Waals surface area contributed by atoms with Gasteiger partial charge in [0.1, 0.15) is 11.7 Å². The van der Waals surface area contributed by atoms with Crippen molar-refractivity contribution in [1.82, 2.24) is 14.5 Å². The highest BCUT2D eigenvalue weighted by Gasteiger charge is 2.13. The molecule has 0 fully saturated rings. The second kappa shape index (κ2) is 8.85. The van der Waals surface area contributed by atoms with Crippen LogP contribution in [0.1, 0.15) is 16.7 Å². The predicted molar refractivity (Wildman–Crippen MR) is 125 cm³/mol. The summed E-state index contributed by atoms with van der Waals surface area (Å²) in [4.78, 5) is 8.93. The van der Waals surface area contributed by atoms with Gasteiger partial charge in [-0.25, -0.2) is 4.98 Å². The third-order valence-corrected chi connectivity index (χ3v) is 5.76. The summed E-state index contributed by atoms with van der Waals surface area (Å²) in [5.41, 5.74) is 16.4. The second-order valence-corrected chi connectivity index (χ2v) is 7.82. The molecule has 0 unspecified atom stereocenters. The molecule has 0 amide bonds. The van der Waals surface area contributed by atoms with Crippen molar-refractivity contribution in [3.05, 3.63) is 95.9 Å². The molecule has 0 saturated heterocycles. The minimum Gasteiger partial charge on any atom is -0.384 e. The zero-order valence-corrected chi connectivity index (χ0v) is 17.4. The molecule has 0 aliphatic carbocycles. The van der Waals surface area contributed by atoms with Crippen LogP contribution in [0.4, 0.5) is 0 Å². The zero-order chi connectivity index (χ0) is 21.8. The van der Waals surface area contributed by atoms with Crippen molar-refractivity contribution < 1.29 is 0 Å². The zero-order valence-electron chi connectivity index (χ0n) is 16.6. The maximum atomic E-state index is 7.60. The number of hydrogen-bond acceptors (Lipinski definition) is 5. The molecule has 0 aliphatic rings. The number of nitrogens with two attached hydrogens (primary N) is 2. The lowest BCUT2D eigenvalue weighted by atomic mass is 10.1. The summed E-state index contributed by atoms with van der Waals surface area (Å²) >= 11 is 1.63. The Kier molecular flexibility index (Phi) is 5.81. The highest BCUT2D eigenvalue weighted by Crippen LogP contribution is 2.29. The van der Waals surface area contributed by atoms with Crippen LogP contribution in [-0.4, -0.2) is 26.2 Å². The van der Waals surface area contributed by atoms with Crippen molar-refractivity contribution in [3.63, 3.8) is 0 Å². The lowest BCUT2D eigenvalue weighted by Gasteiger charge is -2.08. The Morgan fingerprint density at radius 2 is 1.42 bits per heavy atom. The Labute approximate surface area is 184 Å². The third-order valence-electron chi connectivity index (χ3n) is 4.74. The minimum atomic E-state index is 0.0377. The van der Waals surface area contributed by atoms with Gasteiger partial charge in [0.15, 0.2) is 5.16 Å². The van der Waals surface area contributed by atoms with E-state index in [2.05, 4.69) is 4.98 Å². The quantitative estimate of drug-likeness (QED) is 0.202. The molecular weight excluding hydrogens is 406 g/mol. The van der Waals surface area contributed by atoms with E-state index in [1.54, 1.807) is 24.2 Å². The van der Waals surface area contributed by atoms with Gasteiger partial charge < -0.3 is 11.5 Å². The fourth-order valence-electron chi connectivity index (χ4n) is 3.04. The number of benzene rings is 2. The Balaban J connectivity index is 1.70. The van der Waals surface area contributed by atoms with Crippen LogP contribution in [0.2, 0.25) is 0 Å². The third kappa shape index (κ3) is 4.65. The Morgan fingerprint density at radius 3 is 2.00 bits per heavy atom. The van der Waals surface area contributed by atoms with Gasteiger partial charge >= 0.3 is 0 Å². The van der Waals surface area contributed by atoms with E-state index in [9.17, 15) is 0 Å². The van der Waals surface area contributed by atoms with Gasteiger partial charge in [-0.05, 0) is 42.0 Å². The number of nitrogens with one attached hydrogen (secondary N) is 2. The van der Waals surface area contributed by atoms with Crippen molar-refractivity contribution in [2.24, 2.45) is 11.5 Å². The molecular formula is C23H21N7S. The van der Waals surface area contributed by atoms with Gasteiger partial charge in [-0.15, -0.1) is 0 Å². The van der Waals surface area contributed by atoms with Gasteiger partial charge in [0.25, 0.3) is 0 Å². The number of thioether (sulfide) groups is 1. The predicted octanol–water partition coefficient (Wildman–Crippen LogP) is 3.79.